The number of aryl methyl sites for hydroxylation is 4. The lowest BCUT2D eigenvalue weighted by molar-refractivity contribution is -0.385. The lowest BCUT2D eigenvalue weighted by atomic mass is 9.96. The lowest BCUT2D eigenvalue weighted by Crippen LogP contribution is -2.06. The summed E-state index contributed by atoms with van der Waals surface area (Å²) in [6.07, 6.45) is 9.62. The number of hydrogen-bond donors (Lipinski definition) is 1. The summed E-state index contributed by atoms with van der Waals surface area (Å²) >= 11 is 0. The number of aromatic amines is 1. The standard InChI is InChI=1S/C28H25NO6.C28H25NO4/c1-19-15-22(9-14-27(30)34-3)16-20(2)25(19)13-12-23-10-11-24(17-26(23)29(32)33)28(31)35-18-21-7-5-4-6-8-21;1-18-13-21(9-12-26(30)32-3)14-19(2)27(18)25-15-22-10-11-23(16-24(22)29-25)28(31)33-17-20-7-5-4-6-8-20/h4-17H,18H2,1-3H3;4-16,29H,17H2,1-3H3/b13-12+,14-9+;12-9+. The topological polar surface area (TPSA) is 164 Å². The Kier molecular flexibility index (Phi) is 16.5. The highest BCUT2D eigenvalue weighted by atomic mass is 16.6. The fraction of sp³-hybridized carbons (Fsp3) is 0.143. The van der Waals surface area contributed by atoms with E-state index < -0.39 is 16.9 Å². The molecule has 12 heteroatoms. The summed E-state index contributed by atoms with van der Waals surface area (Å²) in [5.74, 6) is -1.81. The Morgan fingerprint density at radius 2 is 1.06 bits per heavy atom. The molecule has 0 radical (unpaired) electrons. The van der Waals surface area contributed by atoms with E-state index in [-0.39, 0.29) is 36.4 Å². The van der Waals surface area contributed by atoms with Crippen LogP contribution in [-0.2, 0) is 41.8 Å². The minimum Gasteiger partial charge on any atom is -0.466 e. The second-order valence-electron chi connectivity index (χ2n) is 15.8. The minimum absolute atomic E-state index is 0.0818. The molecule has 1 heterocycles. The fourth-order valence-electron chi connectivity index (χ4n) is 7.49. The van der Waals surface area contributed by atoms with Crippen LogP contribution in [0.1, 0.15) is 76.4 Å². The van der Waals surface area contributed by atoms with Gasteiger partial charge in [0.15, 0.2) is 0 Å². The molecule has 344 valence electrons. The molecule has 0 saturated carbocycles. The summed E-state index contributed by atoms with van der Waals surface area (Å²) in [5, 5.41) is 12.7. The average Bonchev–Trinajstić information content (AvgIpc) is 3.76. The van der Waals surface area contributed by atoms with E-state index in [1.807, 2.05) is 125 Å². The van der Waals surface area contributed by atoms with Crippen LogP contribution in [0, 0.1) is 37.8 Å². The Bertz CT molecular complexity index is 3030. The van der Waals surface area contributed by atoms with Crippen molar-refractivity contribution in [3.8, 4) is 11.3 Å². The number of nitrogens with one attached hydrogen (secondary N) is 1. The van der Waals surface area contributed by atoms with Crippen molar-refractivity contribution in [1.29, 1.82) is 0 Å². The largest absolute Gasteiger partial charge is 0.466 e. The molecule has 0 aliphatic heterocycles. The zero-order chi connectivity index (χ0) is 48.7. The van der Waals surface area contributed by atoms with Gasteiger partial charge in [-0.05, 0) is 126 Å². The number of methoxy groups -OCH3 is 2. The van der Waals surface area contributed by atoms with Crippen molar-refractivity contribution in [3.63, 3.8) is 0 Å². The zero-order valence-corrected chi connectivity index (χ0v) is 38.5. The Morgan fingerprint density at radius 1 is 0.574 bits per heavy atom. The van der Waals surface area contributed by atoms with Gasteiger partial charge in [-0.2, -0.15) is 0 Å². The molecule has 0 bridgehead atoms. The summed E-state index contributed by atoms with van der Waals surface area (Å²) < 4.78 is 20.0. The molecule has 0 aliphatic carbocycles. The van der Waals surface area contributed by atoms with Crippen molar-refractivity contribution >= 4 is 64.8 Å². The minimum atomic E-state index is -0.630. The third kappa shape index (κ3) is 13.0. The molecule has 0 saturated heterocycles. The maximum atomic E-state index is 12.5. The van der Waals surface area contributed by atoms with Gasteiger partial charge >= 0.3 is 23.9 Å². The molecule has 0 aliphatic rings. The van der Waals surface area contributed by atoms with Gasteiger partial charge in [-0.3, -0.25) is 10.1 Å². The first-order chi connectivity index (χ1) is 32.7. The number of aromatic nitrogens is 1. The SMILES string of the molecule is COC(=O)/C=C/c1cc(C)c(-c2cc3ccc(C(=O)OCc4ccccc4)cc3[nH]2)c(C)c1.COC(=O)/C=C/c1cc(C)c(/C=C/c2ccc(C(=O)OCc3ccccc3)cc2[N+](=O)[O-])c(C)c1. The van der Waals surface area contributed by atoms with Gasteiger partial charge in [-0.1, -0.05) is 97.1 Å². The van der Waals surface area contributed by atoms with E-state index in [9.17, 15) is 29.3 Å². The molecule has 0 unspecified atom stereocenters. The molecule has 1 aromatic heterocycles. The maximum absolute atomic E-state index is 12.5. The molecule has 7 aromatic rings. The number of ether oxygens (including phenoxy) is 4. The van der Waals surface area contributed by atoms with Crippen LogP contribution >= 0.6 is 0 Å². The van der Waals surface area contributed by atoms with E-state index in [2.05, 4.69) is 20.5 Å². The Hall–Kier alpha value is -8.64. The van der Waals surface area contributed by atoms with Gasteiger partial charge in [0, 0.05) is 40.4 Å². The number of nitro benzene ring substituents is 1. The van der Waals surface area contributed by atoms with E-state index in [4.69, 9.17) is 9.47 Å². The normalized spacial score (nSPS) is 11.1. The van der Waals surface area contributed by atoms with Crippen LogP contribution in [0.5, 0.6) is 0 Å². The quantitative estimate of drug-likeness (QED) is 0.0277. The second kappa shape index (κ2) is 23.0. The first kappa shape index (κ1) is 48.8. The highest BCUT2D eigenvalue weighted by Crippen LogP contribution is 2.32. The Morgan fingerprint density at radius 3 is 1.56 bits per heavy atom. The molecular weight excluding hydrogens is 861 g/mol. The molecule has 0 fully saturated rings. The number of benzene rings is 6. The molecule has 0 amide bonds. The van der Waals surface area contributed by atoms with Crippen LogP contribution < -0.4 is 0 Å². The highest BCUT2D eigenvalue weighted by molar-refractivity contribution is 5.96. The smallest absolute Gasteiger partial charge is 0.338 e. The summed E-state index contributed by atoms with van der Waals surface area (Å²) in [5.41, 5.74) is 12.2. The third-order valence-corrected chi connectivity index (χ3v) is 10.8. The molecule has 1 N–H and O–H groups in total. The molecule has 0 spiro atoms. The average molecular weight is 911 g/mol. The number of esters is 4. The summed E-state index contributed by atoms with van der Waals surface area (Å²) in [7, 11) is 2.67. The highest BCUT2D eigenvalue weighted by Gasteiger charge is 2.18. The van der Waals surface area contributed by atoms with Crippen molar-refractivity contribution in [3.05, 3.63) is 216 Å². The number of H-pyrrole nitrogens is 1. The van der Waals surface area contributed by atoms with E-state index >= 15 is 0 Å². The number of carbonyl (C=O) groups is 4. The van der Waals surface area contributed by atoms with Crippen LogP contribution in [0.15, 0.2) is 140 Å². The fourth-order valence-corrected chi connectivity index (χ4v) is 7.49. The summed E-state index contributed by atoms with van der Waals surface area (Å²) in [4.78, 5) is 62.3. The Labute approximate surface area is 394 Å². The number of nitrogens with zero attached hydrogens (tertiary/aromatic N) is 1. The van der Waals surface area contributed by atoms with Crippen molar-refractivity contribution in [2.75, 3.05) is 14.2 Å². The van der Waals surface area contributed by atoms with Crippen molar-refractivity contribution in [2.24, 2.45) is 0 Å². The predicted molar refractivity (Wildman–Crippen MR) is 264 cm³/mol. The van der Waals surface area contributed by atoms with E-state index in [1.165, 1.54) is 44.6 Å². The number of hydrogen-bond acceptors (Lipinski definition) is 10. The van der Waals surface area contributed by atoms with Gasteiger partial charge in [-0.15, -0.1) is 0 Å². The molecule has 12 nitrogen and oxygen atoms in total. The zero-order valence-electron chi connectivity index (χ0n) is 38.5. The number of fused-ring (bicyclic) bond motifs is 1. The number of rotatable bonds is 14. The monoisotopic (exact) mass is 910 g/mol. The van der Waals surface area contributed by atoms with Crippen LogP contribution in [0.3, 0.4) is 0 Å². The van der Waals surface area contributed by atoms with Crippen LogP contribution in [0.4, 0.5) is 5.69 Å². The summed E-state index contributed by atoms with van der Waals surface area (Å²) in [6.45, 7) is 8.23. The van der Waals surface area contributed by atoms with Crippen molar-refractivity contribution in [1.82, 2.24) is 4.98 Å². The van der Waals surface area contributed by atoms with Gasteiger partial charge in [0.05, 0.1) is 35.8 Å². The molecule has 7 rings (SSSR count). The maximum Gasteiger partial charge on any atom is 0.338 e. The molecular formula is C56H50N2O10. The van der Waals surface area contributed by atoms with Crippen molar-refractivity contribution < 1.29 is 43.0 Å². The van der Waals surface area contributed by atoms with Gasteiger partial charge < -0.3 is 23.9 Å². The number of nitro groups is 1. The Balaban J connectivity index is 0.000000224. The van der Waals surface area contributed by atoms with Crippen LogP contribution in [0.2, 0.25) is 0 Å². The second-order valence-corrected chi connectivity index (χ2v) is 15.8. The van der Waals surface area contributed by atoms with Gasteiger partial charge in [0.2, 0.25) is 0 Å². The molecule has 6 aromatic carbocycles. The first-order valence-electron chi connectivity index (χ1n) is 21.5. The van der Waals surface area contributed by atoms with Crippen LogP contribution in [-0.4, -0.2) is 48.0 Å². The van der Waals surface area contributed by atoms with Gasteiger partial charge in [0.25, 0.3) is 5.69 Å². The van der Waals surface area contributed by atoms with Gasteiger partial charge in [-0.25, -0.2) is 19.2 Å². The lowest BCUT2D eigenvalue weighted by Gasteiger charge is -2.10. The van der Waals surface area contributed by atoms with Crippen LogP contribution in [0.25, 0.3) is 46.5 Å². The van der Waals surface area contributed by atoms with E-state index in [0.29, 0.717) is 11.1 Å². The van der Waals surface area contributed by atoms with Gasteiger partial charge in [0.1, 0.15) is 13.2 Å². The first-order valence-corrected chi connectivity index (χ1v) is 21.5. The third-order valence-electron chi connectivity index (χ3n) is 10.8. The predicted octanol–water partition coefficient (Wildman–Crippen LogP) is 11.9. The number of carbonyl (C=O) groups excluding carboxylic acids is 4. The van der Waals surface area contributed by atoms with E-state index in [0.717, 1.165) is 72.2 Å². The van der Waals surface area contributed by atoms with Crippen molar-refractivity contribution in [2.45, 2.75) is 40.9 Å². The summed E-state index contributed by atoms with van der Waals surface area (Å²) in [6, 6.07) is 38.6. The molecule has 0 atom stereocenters. The van der Waals surface area contributed by atoms with E-state index in [1.54, 1.807) is 30.4 Å². The molecule has 68 heavy (non-hydrogen) atoms.